The molecule has 3 atom stereocenters. The molecular formula is C18H22F3NO6. The number of rotatable bonds is 9. The van der Waals surface area contributed by atoms with Gasteiger partial charge in [-0.3, -0.25) is 9.59 Å². The summed E-state index contributed by atoms with van der Waals surface area (Å²) in [4.78, 5) is 36.4. The molecule has 7 nitrogen and oxygen atoms in total. The van der Waals surface area contributed by atoms with E-state index in [1.165, 1.54) is 26.0 Å². The molecule has 0 aliphatic heterocycles. The molecule has 2 N–H and O–H groups in total. The second-order valence-corrected chi connectivity index (χ2v) is 5.72. The Kier molecular flexibility index (Phi) is 8.90. The van der Waals surface area contributed by atoms with Gasteiger partial charge in [0.2, 0.25) is 0 Å². The van der Waals surface area contributed by atoms with Gasteiger partial charge in [0.15, 0.2) is 6.10 Å². The fourth-order valence-electron chi connectivity index (χ4n) is 2.37. The van der Waals surface area contributed by atoms with Crippen LogP contribution in [-0.2, 0) is 19.1 Å². The molecule has 0 bridgehead atoms. The maximum Gasteiger partial charge on any atom is 0.415 e. The third-order valence-corrected chi connectivity index (χ3v) is 3.71. The largest absolute Gasteiger partial charge is 0.466 e. The third kappa shape index (κ3) is 6.84. The minimum absolute atomic E-state index is 0.0948. The Morgan fingerprint density at radius 1 is 1.04 bits per heavy atom. The summed E-state index contributed by atoms with van der Waals surface area (Å²) in [5.41, 5.74) is 0.154. The summed E-state index contributed by atoms with van der Waals surface area (Å²) in [7, 11) is 0. The maximum atomic E-state index is 13.0. The van der Waals surface area contributed by atoms with Crippen LogP contribution in [0, 0.1) is 5.92 Å². The van der Waals surface area contributed by atoms with Crippen molar-refractivity contribution in [2.75, 3.05) is 13.2 Å². The van der Waals surface area contributed by atoms with Gasteiger partial charge >= 0.3 is 18.1 Å². The second kappa shape index (κ2) is 10.6. The highest BCUT2D eigenvalue weighted by Crippen LogP contribution is 2.29. The molecule has 1 aromatic rings. The van der Waals surface area contributed by atoms with Gasteiger partial charge in [-0.2, -0.15) is 13.2 Å². The molecule has 0 radical (unpaired) electrons. The molecule has 0 aliphatic rings. The molecular weight excluding hydrogens is 383 g/mol. The van der Waals surface area contributed by atoms with Gasteiger partial charge in [-0.25, -0.2) is 4.79 Å². The number of amides is 1. The Balaban J connectivity index is 3.10. The van der Waals surface area contributed by atoms with Crippen molar-refractivity contribution in [3.8, 4) is 0 Å². The van der Waals surface area contributed by atoms with Gasteiger partial charge < -0.3 is 19.9 Å². The van der Waals surface area contributed by atoms with Crippen molar-refractivity contribution >= 4 is 17.8 Å². The molecule has 10 heteroatoms. The van der Waals surface area contributed by atoms with E-state index in [9.17, 15) is 32.7 Å². The summed E-state index contributed by atoms with van der Waals surface area (Å²) in [6.07, 6.45) is -9.05. The Morgan fingerprint density at radius 2 is 1.57 bits per heavy atom. The first-order valence-electron chi connectivity index (χ1n) is 8.55. The predicted octanol–water partition coefficient (Wildman–Crippen LogP) is 1.84. The standard InChI is InChI=1S/C18H22F3NO6/c1-3-27-16(25)12(14(23)18(19,20)21)10-13(17(26)28-4-2)22-15(24)11-8-6-5-7-9-11/h5-9,12-14,23H,3-4,10H2,1-2H3,(H,22,24)/t12-,13+,14-/m1/s1. The van der Waals surface area contributed by atoms with Crippen LogP contribution < -0.4 is 5.32 Å². The lowest BCUT2D eigenvalue weighted by atomic mass is 9.93. The van der Waals surface area contributed by atoms with E-state index in [1.54, 1.807) is 18.2 Å². The van der Waals surface area contributed by atoms with Crippen molar-refractivity contribution < 1.29 is 42.1 Å². The van der Waals surface area contributed by atoms with Crippen LogP contribution >= 0.6 is 0 Å². The Bertz CT molecular complexity index is 665. The summed E-state index contributed by atoms with van der Waals surface area (Å²) in [6, 6.07) is 6.04. The molecule has 0 saturated heterocycles. The van der Waals surface area contributed by atoms with Crippen LogP contribution in [0.1, 0.15) is 30.6 Å². The number of nitrogens with one attached hydrogen (secondary N) is 1. The van der Waals surface area contributed by atoms with Crippen LogP contribution in [0.3, 0.4) is 0 Å². The molecule has 156 valence electrons. The Labute approximate surface area is 159 Å². The van der Waals surface area contributed by atoms with Crippen LogP contribution in [0.25, 0.3) is 0 Å². The zero-order valence-electron chi connectivity index (χ0n) is 15.4. The fraction of sp³-hybridized carbons (Fsp3) is 0.500. The van der Waals surface area contributed by atoms with Gasteiger partial charge in [0.05, 0.1) is 19.1 Å². The van der Waals surface area contributed by atoms with Crippen molar-refractivity contribution in [1.29, 1.82) is 0 Å². The molecule has 0 saturated carbocycles. The quantitative estimate of drug-likeness (QED) is 0.608. The molecule has 0 spiro atoms. The average molecular weight is 405 g/mol. The van der Waals surface area contributed by atoms with Crippen LogP contribution in [0.5, 0.6) is 0 Å². The number of carbonyl (C=O) groups is 3. The number of alkyl halides is 3. The molecule has 0 heterocycles. The molecule has 0 aromatic heterocycles. The molecule has 1 rings (SSSR count). The van der Waals surface area contributed by atoms with Crippen LogP contribution in [0.15, 0.2) is 30.3 Å². The van der Waals surface area contributed by atoms with E-state index in [0.717, 1.165) is 0 Å². The average Bonchev–Trinajstić information content (AvgIpc) is 2.64. The van der Waals surface area contributed by atoms with Gasteiger partial charge in [0, 0.05) is 5.56 Å². The van der Waals surface area contributed by atoms with Crippen molar-refractivity contribution in [3.63, 3.8) is 0 Å². The lowest BCUT2D eigenvalue weighted by molar-refractivity contribution is -0.225. The number of hydrogen-bond acceptors (Lipinski definition) is 6. The van der Waals surface area contributed by atoms with Gasteiger partial charge in [-0.15, -0.1) is 0 Å². The van der Waals surface area contributed by atoms with Gasteiger partial charge in [0.25, 0.3) is 5.91 Å². The van der Waals surface area contributed by atoms with E-state index >= 15 is 0 Å². The van der Waals surface area contributed by atoms with Crippen molar-refractivity contribution in [1.82, 2.24) is 5.32 Å². The van der Waals surface area contributed by atoms with Gasteiger partial charge in [0.1, 0.15) is 6.04 Å². The smallest absolute Gasteiger partial charge is 0.415 e. The normalized spacial score (nSPS) is 14.5. The number of hydrogen-bond donors (Lipinski definition) is 2. The molecule has 0 unspecified atom stereocenters. The fourth-order valence-corrected chi connectivity index (χ4v) is 2.37. The summed E-state index contributed by atoms with van der Waals surface area (Å²) >= 11 is 0. The molecule has 1 amide bonds. The first-order valence-corrected chi connectivity index (χ1v) is 8.55. The lowest BCUT2D eigenvalue weighted by Gasteiger charge is -2.26. The van der Waals surface area contributed by atoms with E-state index in [0.29, 0.717) is 0 Å². The monoisotopic (exact) mass is 405 g/mol. The summed E-state index contributed by atoms with van der Waals surface area (Å²) in [6.45, 7) is 2.54. The Hall–Kier alpha value is -2.62. The summed E-state index contributed by atoms with van der Waals surface area (Å²) < 4.78 is 48.3. The van der Waals surface area contributed by atoms with Crippen LogP contribution in [-0.4, -0.2) is 54.5 Å². The van der Waals surface area contributed by atoms with E-state index in [2.05, 4.69) is 10.1 Å². The van der Waals surface area contributed by atoms with E-state index in [4.69, 9.17) is 4.74 Å². The van der Waals surface area contributed by atoms with Crippen LogP contribution in [0.4, 0.5) is 13.2 Å². The highest BCUT2D eigenvalue weighted by Gasteiger charge is 2.48. The minimum atomic E-state index is -5.12. The van der Waals surface area contributed by atoms with Gasteiger partial charge in [-0.1, -0.05) is 18.2 Å². The van der Waals surface area contributed by atoms with Crippen LogP contribution in [0.2, 0.25) is 0 Å². The van der Waals surface area contributed by atoms with E-state index in [1.807, 2.05) is 0 Å². The number of halogens is 3. The number of ether oxygens (including phenoxy) is 2. The van der Waals surface area contributed by atoms with E-state index in [-0.39, 0.29) is 18.8 Å². The lowest BCUT2D eigenvalue weighted by Crippen LogP contribution is -2.48. The molecule has 0 fully saturated rings. The predicted molar refractivity (Wildman–Crippen MR) is 91.1 cm³/mol. The Morgan fingerprint density at radius 3 is 2.07 bits per heavy atom. The van der Waals surface area contributed by atoms with Crippen molar-refractivity contribution in [3.05, 3.63) is 35.9 Å². The number of aliphatic hydroxyl groups excluding tert-OH is 1. The minimum Gasteiger partial charge on any atom is -0.466 e. The van der Waals surface area contributed by atoms with E-state index < -0.39 is 48.5 Å². The van der Waals surface area contributed by atoms with Crippen molar-refractivity contribution in [2.24, 2.45) is 5.92 Å². The summed E-state index contributed by atoms with van der Waals surface area (Å²) in [5, 5.41) is 11.8. The van der Waals surface area contributed by atoms with Gasteiger partial charge in [-0.05, 0) is 32.4 Å². The zero-order valence-corrected chi connectivity index (χ0v) is 15.4. The zero-order chi connectivity index (χ0) is 21.3. The number of benzene rings is 1. The second-order valence-electron chi connectivity index (χ2n) is 5.72. The third-order valence-electron chi connectivity index (χ3n) is 3.71. The SMILES string of the molecule is CCOC(=O)[C@H](C[C@@H](C(=O)OCC)[C@@H](O)C(F)(F)F)NC(=O)c1ccccc1. The highest BCUT2D eigenvalue weighted by atomic mass is 19.4. The summed E-state index contributed by atoms with van der Waals surface area (Å²) in [5.74, 6) is -5.24. The molecule has 28 heavy (non-hydrogen) atoms. The molecule has 0 aliphatic carbocycles. The maximum absolute atomic E-state index is 13.0. The van der Waals surface area contributed by atoms with Crippen molar-refractivity contribution in [2.45, 2.75) is 38.6 Å². The first-order chi connectivity index (χ1) is 13.1. The highest BCUT2D eigenvalue weighted by molar-refractivity contribution is 5.96. The first kappa shape index (κ1) is 23.4. The number of esters is 2. The number of carbonyl (C=O) groups excluding carboxylic acids is 3. The topological polar surface area (TPSA) is 102 Å². The molecule has 1 aromatic carbocycles. The number of aliphatic hydroxyl groups is 1.